The SMILES string of the molecule is COc1ccc(C(=O)CC(C#N)c2c(F)c(F)c(F)c(F)c2F)cc1. The molecule has 0 aliphatic heterocycles. The third-order valence-electron chi connectivity index (χ3n) is 3.55. The summed E-state index contributed by atoms with van der Waals surface area (Å²) in [5.41, 5.74) is -1.22. The molecule has 0 amide bonds. The molecule has 0 radical (unpaired) electrons. The molecule has 0 N–H and O–H groups in total. The van der Waals surface area contributed by atoms with Gasteiger partial charge in [-0.1, -0.05) is 0 Å². The number of ketones is 1. The number of rotatable bonds is 5. The van der Waals surface area contributed by atoms with Crippen LogP contribution >= 0.6 is 0 Å². The lowest BCUT2D eigenvalue weighted by Crippen LogP contribution is -2.14. The summed E-state index contributed by atoms with van der Waals surface area (Å²) < 4.78 is 72.1. The minimum absolute atomic E-state index is 0.102. The molecule has 0 aromatic heterocycles. The van der Waals surface area contributed by atoms with Crippen LogP contribution < -0.4 is 4.74 Å². The number of hydrogen-bond acceptors (Lipinski definition) is 3. The van der Waals surface area contributed by atoms with Gasteiger partial charge in [0, 0.05) is 17.5 Å². The van der Waals surface area contributed by atoms with Crippen molar-refractivity contribution in [1.82, 2.24) is 0 Å². The van der Waals surface area contributed by atoms with Gasteiger partial charge < -0.3 is 4.74 Å². The minimum Gasteiger partial charge on any atom is -0.497 e. The van der Waals surface area contributed by atoms with Crippen LogP contribution in [0.3, 0.4) is 0 Å². The highest BCUT2D eigenvalue weighted by molar-refractivity contribution is 5.96. The molecule has 0 spiro atoms. The maximum atomic E-state index is 13.8. The lowest BCUT2D eigenvalue weighted by atomic mass is 9.91. The zero-order chi connectivity index (χ0) is 18.7. The van der Waals surface area contributed by atoms with Crippen molar-refractivity contribution in [3.8, 4) is 11.8 Å². The van der Waals surface area contributed by atoms with Crippen molar-refractivity contribution in [1.29, 1.82) is 5.26 Å². The van der Waals surface area contributed by atoms with Gasteiger partial charge >= 0.3 is 0 Å². The molecule has 0 saturated carbocycles. The molecule has 25 heavy (non-hydrogen) atoms. The Kier molecular flexibility index (Phi) is 5.37. The van der Waals surface area contributed by atoms with Crippen LogP contribution in [0.25, 0.3) is 0 Å². The fourth-order valence-electron chi connectivity index (χ4n) is 2.22. The third kappa shape index (κ3) is 3.45. The molecule has 130 valence electrons. The van der Waals surface area contributed by atoms with Crippen molar-refractivity contribution in [3.05, 3.63) is 64.5 Å². The number of halogens is 5. The van der Waals surface area contributed by atoms with E-state index >= 15 is 0 Å². The predicted octanol–water partition coefficient (Wildman–Crippen LogP) is 4.27. The Hall–Kier alpha value is -2.95. The first kappa shape index (κ1) is 18.4. The van der Waals surface area contributed by atoms with Crippen LogP contribution in [0, 0.1) is 40.4 Å². The molecule has 0 heterocycles. The second-order valence-corrected chi connectivity index (χ2v) is 5.02. The Morgan fingerprint density at radius 3 is 1.92 bits per heavy atom. The first-order chi connectivity index (χ1) is 11.8. The summed E-state index contributed by atoms with van der Waals surface area (Å²) in [7, 11) is 1.41. The molecule has 1 atom stereocenters. The molecule has 0 fully saturated rings. The van der Waals surface area contributed by atoms with Crippen LogP contribution in [0.15, 0.2) is 24.3 Å². The second kappa shape index (κ2) is 7.30. The quantitative estimate of drug-likeness (QED) is 0.348. The van der Waals surface area contributed by atoms with E-state index in [4.69, 9.17) is 10.00 Å². The van der Waals surface area contributed by atoms with Gasteiger partial charge in [0.15, 0.2) is 29.1 Å². The van der Waals surface area contributed by atoms with Crippen LogP contribution in [0.4, 0.5) is 22.0 Å². The number of carbonyl (C=O) groups is 1. The van der Waals surface area contributed by atoms with E-state index in [2.05, 4.69) is 0 Å². The summed E-state index contributed by atoms with van der Waals surface area (Å²) in [6, 6.07) is 7.03. The van der Waals surface area contributed by atoms with E-state index in [0.717, 1.165) is 0 Å². The highest BCUT2D eigenvalue weighted by Crippen LogP contribution is 2.31. The summed E-state index contributed by atoms with van der Waals surface area (Å²) in [4.78, 5) is 12.1. The van der Waals surface area contributed by atoms with Crippen LogP contribution in [-0.4, -0.2) is 12.9 Å². The normalized spacial score (nSPS) is 11.7. The number of carbonyl (C=O) groups excluding carboxylic acids is 1. The molecular weight excluding hydrogens is 345 g/mol. The molecule has 0 aliphatic rings. The third-order valence-corrected chi connectivity index (χ3v) is 3.55. The van der Waals surface area contributed by atoms with Crippen molar-refractivity contribution in [2.24, 2.45) is 0 Å². The Morgan fingerprint density at radius 1 is 1.00 bits per heavy atom. The van der Waals surface area contributed by atoms with Gasteiger partial charge in [-0.15, -0.1) is 0 Å². The molecule has 2 aromatic carbocycles. The van der Waals surface area contributed by atoms with E-state index in [9.17, 15) is 26.7 Å². The lowest BCUT2D eigenvalue weighted by Gasteiger charge is -2.13. The van der Waals surface area contributed by atoms with Gasteiger partial charge in [-0.2, -0.15) is 5.26 Å². The predicted molar refractivity (Wildman–Crippen MR) is 76.5 cm³/mol. The Balaban J connectivity index is 2.38. The van der Waals surface area contributed by atoms with E-state index in [1.807, 2.05) is 0 Å². The molecular formula is C17H10F5NO2. The van der Waals surface area contributed by atoms with Gasteiger partial charge in [-0.05, 0) is 24.3 Å². The Bertz CT molecular complexity index is 830. The van der Waals surface area contributed by atoms with Crippen LogP contribution in [0.5, 0.6) is 5.75 Å². The highest BCUT2D eigenvalue weighted by Gasteiger charge is 2.31. The number of hydrogen-bond donors (Lipinski definition) is 0. The molecule has 0 saturated heterocycles. The molecule has 2 rings (SSSR count). The molecule has 3 nitrogen and oxygen atoms in total. The summed E-state index contributed by atoms with van der Waals surface area (Å²) in [5.74, 6) is -13.0. The number of nitrogens with zero attached hydrogens (tertiary/aromatic N) is 1. The fourth-order valence-corrected chi connectivity index (χ4v) is 2.22. The monoisotopic (exact) mass is 355 g/mol. The first-order valence-corrected chi connectivity index (χ1v) is 6.90. The van der Waals surface area contributed by atoms with Crippen LogP contribution in [-0.2, 0) is 0 Å². The molecule has 0 aliphatic carbocycles. The molecule has 1 unspecified atom stereocenters. The standard InChI is InChI=1S/C17H10F5NO2/c1-25-10-4-2-8(3-5-10)11(24)6-9(7-23)12-13(18)15(20)17(22)16(21)14(12)19/h2-5,9H,6H2,1H3. The number of nitriles is 1. The van der Waals surface area contributed by atoms with Gasteiger partial charge in [0.25, 0.3) is 0 Å². The van der Waals surface area contributed by atoms with Crippen molar-refractivity contribution < 1.29 is 31.5 Å². The Labute approximate surface area is 139 Å². The average Bonchev–Trinajstić information content (AvgIpc) is 2.63. The molecule has 0 bridgehead atoms. The second-order valence-electron chi connectivity index (χ2n) is 5.02. The minimum atomic E-state index is -2.32. The van der Waals surface area contributed by atoms with Gasteiger partial charge in [-0.25, -0.2) is 22.0 Å². The number of ether oxygens (including phenoxy) is 1. The van der Waals surface area contributed by atoms with Gasteiger partial charge in [0.2, 0.25) is 5.82 Å². The lowest BCUT2D eigenvalue weighted by molar-refractivity contribution is 0.0978. The number of methoxy groups -OCH3 is 1. The largest absolute Gasteiger partial charge is 0.497 e. The molecule has 8 heteroatoms. The maximum Gasteiger partial charge on any atom is 0.200 e. The topological polar surface area (TPSA) is 50.1 Å². The van der Waals surface area contributed by atoms with Crippen molar-refractivity contribution in [2.45, 2.75) is 12.3 Å². The zero-order valence-corrected chi connectivity index (χ0v) is 12.7. The van der Waals surface area contributed by atoms with Crippen LogP contribution in [0.2, 0.25) is 0 Å². The maximum absolute atomic E-state index is 13.8. The number of benzene rings is 2. The summed E-state index contributed by atoms with van der Waals surface area (Å²) in [6.07, 6.45) is -0.749. The zero-order valence-electron chi connectivity index (χ0n) is 12.7. The summed E-state index contributed by atoms with van der Waals surface area (Å²) >= 11 is 0. The van der Waals surface area contributed by atoms with E-state index in [-0.39, 0.29) is 5.56 Å². The van der Waals surface area contributed by atoms with Gasteiger partial charge in [-0.3, -0.25) is 4.79 Å². The van der Waals surface area contributed by atoms with E-state index in [1.54, 1.807) is 0 Å². The summed E-state index contributed by atoms with van der Waals surface area (Å²) in [5, 5.41) is 9.06. The van der Waals surface area contributed by atoms with Gasteiger partial charge in [0.05, 0.1) is 19.1 Å². The Morgan fingerprint density at radius 2 is 1.48 bits per heavy atom. The van der Waals surface area contributed by atoms with E-state index in [1.165, 1.54) is 37.4 Å². The molecule has 2 aromatic rings. The van der Waals surface area contributed by atoms with Gasteiger partial charge in [0.1, 0.15) is 5.75 Å². The number of Topliss-reactive ketones (excluding diaryl/α,β-unsaturated/α-hetero) is 1. The van der Waals surface area contributed by atoms with Crippen molar-refractivity contribution >= 4 is 5.78 Å². The average molecular weight is 355 g/mol. The van der Waals surface area contributed by atoms with Crippen LogP contribution in [0.1, 0.15) is 28.3 Å². The van der Waals surface area contributed by atoms with E-state index < -0.39 is 52.8 Å². The summed E-state index contributed by atoms with van der Waals surface area (Å²) in [6.45, 7) is 0. The van der Waals surface area contributed by atoms with Crippen molar-refractivity contribution in [3.63, 3.8) is 0 Å². The van der Waals surface area contributed by atoms with E-state index in [0.29, 0.717) is 5.75 Å². The fraction of sp³-hybridized carbons (Fsp3) is 0.176. The smallest absolute Gasteiger partial charge is 0.200 e. The first-order valence-electron chi connectivity index (χ1n) is 6.90. The van der Waals surface area contributed by atoms with Crippen molar-refractivity contribution in [2.75, 3.05) is 7.11 Å². The highest BCUT2D eigenvalue weighted by atomic mass is 19.2.